The molecular formula is C12H24OS. The highest BCUT2D eigenvalue weighted by atomic mass is 32.2. The number of rotatable bonds is 7. The maximum absolute atomic E-state index is 10.7. The zero-order valence-electron chi connectivity index (χ0n) is 10.0. The van der Waals surface area contributed by atoms with Crippen molar-refractivity contribution in [3.8, 4) is 0 Å². The van der Waals surface area contributed by atoms with Crippen molar-refractivity contribution in [2.24, 2.45) is 11.8 Å². The van der Waals surface area contributed by atoms with E-state index < -0.39 is 0 Å². The van der Waals surface area contributed by atoms with Crippen LogP contribution >= 0.6 is 11.8 Å². The SMILES string of the molecule is CC(=O)SCCC(C)CCCC(C)C. The zero-order valence-corrected chi connectivity index (χ0v) is 10.8. The summed E-state index contributed by atoms with van der Waals surface area (Å²) in [5, 5.41) is 0.249. The molecule has 0 saturated heterocycles. The summed E-state index contributed by atoms with van der Waals surface area (Å²) in [6, 6.07) is 0. The molecule has 0 spiro atoms. The van der Waals surface area contributed by atoms with E-state index in [1.54, 1.807) is 6.92 Å². The van der Waals surface area contributed by atoms with Gasteiger partial charge in [-0.3, -0.25) is 4.79 Å². The predicted molar refractivity (Wildman–Crippen MR) is 65.6 cm³/mol. The van der Waals surface area contributed by atoms with Crippen LogP contribution in [0.3, 0.4) is 0 Å². The smallest absolute Gasteiger partial charge is 0.185 e. The maximum atomic E-state index is 10.7. The van der Waals surface area contributed by atoms with E-state index in [4.69, 9.17) is 0 Å². The molecule has 0 aromatic carbocycles. The molecule has 0 fully saturated rings. The second kappa shape index (κ2) is 8.34. The van der Waals surface area contributed by atoms with Crippen LogP contribution in [0.5, 0.6) is 0 Å². The van der Waals surface area contributed by atoms with Gasteiger partial charge in [0, 0.05) is 12.7 Å². The van der Waals surface area contributed by atoms with Gasteiger partial charge in [-0.25, -0.2) is 0 Å². The van der Waals surface area contributed by atoms with Crippen molar-refractivity contribution in [2.75, 3.05) is 5.75 Å². The highest BCUT2D eigenvalue weighted by Gasteiger charge is 2.04. The van der Waals surface area contributed by atoms with Gasteiger partial charge in [0.25, 0.3) is 0 Å². The summed E-state index contributed by atoms with van der Waals surface area (Å²) in [7, 11) is 0. The van der Waals surface area contributed by atoms with Crippen molar-refractivity contribution in [3.05, 3.63) is 0 Å². The number of hydrogen-bond donors (Lipinski definition) is 0. The number of carbonyl (C=O) groups is 1. The average molecular weight is 216 g/mol. The van der Waals surface area contributed by atoms with E-state index in [0.29, 0.717) is 0 Å². The van der Waals surface area contributed by atoms with Crippen LogP contribution in [0.15, 0.2) is 0 Å². The van der Waals surface area contributed by atoms with Crippen LogP contribution in [0, 0.1) is 11.8 Å². The van der Waals surface area contributed by atoms with Gasteiger partial charge in [0.1, 0.15) is 0 Å². The monoisotopic (exact) mass is 216 g/mol. The summed E-state index contributed by atoms with van der Waals surface area (Å²) in [4.78, 5) is 10.7. The summed E-state index contributed by atoms with van der Waals surface area (Å²) >= 11 is 1.46. The van der Waals surface area contributed by atoms with E-state index in [1.807, 2.05) is 0 Å². The summed E-state index contributed by atoms with van der Waals surface area (Å²) in [6.45, 7) is 8.49. The topological polar surface area (TPSA) is 17.1 Å². The molecular weight excluding hydrogens is 192 g/mol. The Kier molecular flexibility index (Phi) is 8.35. The van der Waals surface area contributed by atoms with E-state index >= 15 is 0 Å². The van der Waals surface area contributed by atoms with Gasteiger partial charge >= 0.3 is 0 Å². The largest absolute Gasteiger partial charge is 0.288 e. The lowest BCUT2D eigenvalue weighted by Gasteiger charge is -2.11. The highest BCUT2D eigenvalue weighted by Crippen LogP contribution is 2.17. The highest BCUT2D eigenvalue weighted by molar-refractivity contribution is 8.13. The summed E-state index contributed by atoms with van der Waals surface area (Å²) < 4.78 is 0. The Bertz CT molecular complexity index is 154. The van der Waals surface area contributed by atoms with Gasteiger partial charge in [-0.15, -0.1) is 0 Å². The fourth-order valence-electron chi connectivity index (χ4n) is 1.42. The van der Waals surface area contributed by atoms with Gasteiger partial charge in [-0.2, -0.15) is 0 Å². The molecule has 0 aliphatic heterocycles. The minimum atomic E-state index is 0.249. The Labute approximate surface area is 93.0 Å². The first kappa shape index (κ1) is 14.0. The van der Waals surface area contributed by atoms with E-state index in [-0.39, 0.29) is 5.12 Å². The molecule has 0 radical (unpaired) electrons. The average Bonchev–Trinajstić information content (AvgIpc) is 2.02. The van der Waals surface area contributed by atoms with Crippen LogP contribution in [0.4, 0.5) is 0 Å². The quantitative estimate of drug-likeness (QED) is 0.637. The van der Waals surface area contributed by atoms with Crippen molar-refractivity contribution in [1.29, 1.82) is 0 Å². The predicted octanol–water partition coefficient (Wildman–Crippen LogP) is 4.12. The lowest BCUT2D eigenvalue weighted by molar-refractivity contribution is -0.109. The van der Waals surface area contributed by atoms with E-state index in [0.717, 1.165) is 17.6 Å². The van der Waals surface area contributed by atoms with E-state index in [2.05, 4.69) is 20.8 Å². The van der Waals surface area contributed by atoms with Crippen molar-refractivity contribution in [2.45, 2.75) is 53.4 Å². The molecule has 1 nitrogen and oxygen atoms in total. The molecule has 0 saturated carbocycles. The summed E-state index contributed by atoms with van der Waals surface area (Å²) in [6.07, 6.45) is 5.17. The van der Waals surface area contributed by atoms with Gasteiger partial charge in [0.15, 0.2) is 5.12 Å². The third-order valence-corrected chi connectivity index (χ3v) is 3.24. The second-order valence-corrected chi connectivity index (χ2v) is 5.83. The van der Waals surface area contributed by atoms with Gasteiger partial charge in [0.05, 0.1) is 0 Å². The molecule has 0 rings (SSSR count). The van der Waals surface area contributed by atoms with Crippen LogP contribution in [0.1, 0.15) is 53.4 Å². The molecule has 2 heteroatoms. The van der Waals surface area contributed by atoms with Crippen molar-refractivity contribution in [1.82, 2.24) is 0 Å². The lowest BCUT2D eigenvalue weighted by atomic mass is 9.98. The molecule has 0 bridgehead atoms. The van der Waals surface area contributed by atoms with Crippen LogP contribution < -0.4 is 0 Å². The molecule has 0 aliphatic rings. The zero-order chi connectivity index (χ0) is 11.0. The summed E-state index contributed by atoms with van der Waals surface area (Å²) in [5.41, 5.74) is 0. The van der Waals surface area contributed by atoms with Gasteiger partial charge in [-0.1, -0.05) is 51.8 Å². The van der Waals surface area contributed by atoms with Crippen molar-refractivity contribution < 1.29 is 4.79 Å². The Hall–Kier alpha value is 0.0200. The molecule has 84 valence electrons. The minimum absolute atomic E-state index is 0.249. The molecule has 0 N–H and O–H groups in total. The molecule has 0 amide bonds. The second-order valence-electron chi connectivity index (χ2n) is 4.56. The fourth-order valence-corrected chi connectivity index (χ4v) is 2.23. The normalized spacial score (nSPS) is 13.2. The molecule has 0 aliphatic carbocycles. The fraction of sp³-hybridized carbons (Fsp3) is 0.917. The first-order chi connectivity index (χ1) is 6.52. The third kappa shape index (κ3) is 10.1. The molecule has 0 aromatic heterocycles. The Morgan fingerprint density at radius 3 is 2.29 bits per heavy atom. The van der Waals surface area contributed by atoms with Crippen LogP contribution in [-0.4, -0.2) is 10.9 Å². The van der Waals surface area contributed by atoms with Crippen molar-refractivity contribution >= 4 is 16.9 Å². The van der Waals surface area contributed by atoms with Crippen LogP contribution in [0.2, 0.25) is 0 Å². The minimum Gasteiger partial charge on any atom is -0.288 e. The molecule has 0 aromatic rings. The van der Waals surface area contributed by atoms with Gasteiger partial charge in [-0.05, 0) is 18.3 Å². The molecule has 14 heavy (non-hydrogen) atoms. The Morgan fingerprint density at radius 1 is 1.14 bits per heavy atom. The van der Waals surface area contributed by atoms with E-state index in [1.165, 1.54) is 37.4 Å². The number of carbonyl (C=O) groups excluding carboxylic acids is 1. The number of thioether (sulfide) groups is 1. The third-order valence-electron chi connectivity index (χ3n) is 2.39. The Morgan fingerprint density at radius 2 is 1.79 bits per heavy atom. The first-order valence-corrected chi connectivity index (χ1v) is 6.64. The molecule has 1 unspecified atom stereocenters. The van der Waals surface area contributed by atoms with Gasteiger partial charge < -0.3 is 0 Å². The van der Waals surface area contributed by atoms with E-state index in [9.17, 15) is 4.79 Å². The lowest BCUT2D eigenvalue weighted by Crippen LogP contribution is -1.99. The first-order valence-electron chi connectivity index (χ1n) is 5.65. The molecule has 1 atom stereocenters. The summed E-state index contributed by atoms with van der Waals surface area (Å²) in [5.74, 6) is 2.60. The van der Waals surface area contributed by atoms with Gasteiger partial charge in [0.2, 0.25) is 0 Å². The van der Waals surface area contributed by atoms with Crippen LogP contribution in [-0.2, 0) is 4.79 Å². The van der Waals surface area contributed by atoms with Crippen LogP contribution in [0.25, 0.3) is 0 Å². The van der Waals surface area contributed by atoms with Crippen molar-refractivity contribution in [3.63, 3.8) is 0 Å². The standard InChI is InChI=1S/C12H24OS/c1-10(2)6-5-7-11(3)8-9-14-12(4)13/h10-11H,5-9H2,1-4H3. The Balaban J connectivity index is 3.27. The number of hydrogen-bond acceptors (Lipinski definition) is 2. The maximum Gasteiger partial charge on any atom is 0.185 e. The molecule has 0 heterocycles.